The highest BCUT2D eigenvalue weighted by molar-refractivity contribution is 7.88. The quantitative estimate of drug-likeness (QED) is 0.688. The second-order valence-corrected chi connectivity index (χ2v) is 8.35. The molecule has 26 heavy (non-hydrogen) atoms. The van der Waals surface area contributed by atoms with Gasteiger partial charge in [0.1, 0.15) is 17.4 Å². The van der Waals surface area contributed by atoms with Crippen LogP contribution in [-0.4, -0.2) is 48.9 Å². The van der Waals surface area contributed by atoms with Gasteiger partial charge in [-0.1, -0.05) is 18.2 Å². The molecule has 0 bridgehead atoms. The summed E-state index contributed by atoms with van der Waals surface area (Å²) in [5.41, 5.74) is 0.800. The Labute approximate surface area is 150 Å². The van der Waals surface area contributed by atoms with E-state index in [1.165, 1.54) is 10.6 Å². The van der Waals surface area contributed by atoms with E-state index >= 15 is 0 Å². The molecule has 0 amide bonds. The fourth-order valence-corrected chi connectivity index (χ4v) is 3.78. The molecule has 2 aromatic heterocycles. The van der Waals surface area contributed by atoms with Gasteiger partial charge in [-0.25, -0.2) is 8.42 Å². The molecule has 1 aliphatic heterocycles. The van der Waals surface area contributed by atoms with Crippen molar-refractivity contribution in [2.45, 2.75) is 18.9 Å². The third kappa shape index (κ3) is 3.25. The molecule has 1 saturated heterocycles. The number of rotatable bonds is 4. The Hall–Kier alpha value is -2.23. The summed E-state index contributed by atoms with van der Waals surface area (Å²) < 4.78 is 42.1. The maximum absolute atomic E-state index is 11.7. The van der Waals surface area contributed by atoms with Crippen LogP contribution < -0.4 is 0 Å². The van der Waals surface area contributed by atoms with Gasteiger partial charge in [0.2, 0.25) is 21.8 Å². The third-order valence-electron chi connectivity index (χ3n) is 4.47. The van der Waals surface area contributed by atoms with Gasteiger partial charge < -0.3 is 13.6 Å². The normalized spacial score (nSPS) is 20.5. The molecule has 2 atom stereocenters. The van der Waals surface area contributed by atoms with Crippen molar-refractivity contribution >= 4 is 21.0 Å². The molecule has 8 nitrogen and oxygen atoms in total. The highest BCUT2D eigenvalue weighted by atomic mass is 32.2. The first-order valence-corrected chi connectivity index (χ1v) is 10.1. The predicted octanol–water partition coefficient (Wildman–Crippen LogP) is 2.30. The van der Waals surface area contributed by atoms with Crippen molar-refractivity contribution in [2.75, 3.05) is 26.0 Å². The first kappa shape index (κ1) is 17.2. The topological polar surface area (TPSA) is 98.7 Å². The maximum atomic E-state index is 11.7. The number of fused-ring (bicyclic) bond motifs is 1. The summed E-state index contributed by atoms with van der Waals surface area (Å²) in [5.74, 6) is 1.18. The van der Waals surface area contributed by atoms with Gasteiger partial charge in [0, 0.05) is 18.5 Å². The van der Waals surface area contributed by atoms with Crippen LogP contribution in [-0.2, 0) is 14.8 Å². The van der Waals surface area contributed by atoms with E-state index in [1.807, 2.05) is 37.3 Å². The van der Waals surface area contributed by atoms with Gasteiger partial charge in [-0.05, 0) is 19.1 Å². The van der Waals surface area contributed by atoms with Gasteiger partial charge in [0.25, 0.3) is 0 Å². The summed E-state index contributed by atoms with van der Waals surface area (Å²) in [6.45, 7) is 2.69. The average molecular weight is 377 g/mol. The Kier molecular flexibility index (Phi) is 4.29. The molecule has 3 aromatic rings. The summed E-state index contributed by atoms with van der Waals surface area (Å²) in [6.07, 6.45) is 0.612. The van der Waals surface area contributed by atoms with Crippen LogP contribution in [0.2, 0.25) is 0 Å². The average Bonchev–Trinajstić information content (AvgIpc) is 3.27. The van der Waals surface area contributed by atoms with Gasteiger partial charge in [0.05, 0.1) is 18.8 Å². The third-order valence-corrected chi connectivity index (χ3v) is 5.74. The van der Waals surface area contributed by atoms with Gasteiger partial charge in [-0.2, -0.15) is 4.31 Å². The zero-order chi connectivity index (χ0) is 18.3. The number of ether oxygens (including phenoxy) is 1. The van der Waals surface area contributed by atoms with Crippen LogP contribution in [0.3, 0.4) is 0 Å². The number of nitrogens with zero attached hydrogens (tertiary/aromatic N) is 3. The van der Waals surface area contributed by atoms with E-state index in [2.05, 4.69) is 10.2 Å². The summed E-state index contributed by atoms with van der Waals surface area (Å²) in [7, 11) is -3.29. The lowest BCUT2D eigenvalue weighted by Gasteiger charge is -2.29. The van der Waals surface area contributed by atoms with Crippen molar-refractivity contribution in [3.8, 4) is 0 Å². The van der Waals surface area contributed by atoms with Crippen molar-refractivity contribution in [1.82, 2.24) is 14.5 Å². The smallest absolute Gasteiger partial charge is 0.246 e. The Bertz CT molecular complexity index is 993. The zero-order valence-corrected chi connectivity index (χ0v) is 15.3. The number of aromatic nitrogens is 2. The minimum Gasteiger partial charge on any atom is -0.460 e. The standard InChI is InChI=1S/C17H19N3O5S/c1-11(14-9-12-5-3-4-6-13(12)24-14)16-18-19-17(25-16)15-10-20(7-8-23-15)26(2,21)22/h3-6,9,11,15H,7-8,10H2,1-2H3/t11-,15-/m1/s1. The van der Waals surface area contributed by atoms with E-state index in [0.29, 0.717) is 12.4 Å². The molecule has 1 aromatic carbocycles. The Morgan fingerprint density at radius 2 is 2.04 bits per heavy atom. The van der Waals surface area contributed by atoms with E-state index in [1.54, 1.807) is 0 Å². The van der Waals surface area contributed by atoms with Crippen molar-refractivity contribution in [3.63, 3.8) is 0 Å². The van der Waals surface area contributed by atoms with E-state index in [-0.39, 0.29) is 25.0 Å². The minimum absolute atomic E-state index is 0.166. The number of furan rings is 1. The molecule has 0 unspecified atom stereocenters. The minimum atomic E-state index is -3.29. The monoisotopic (exact) mass is 377 g/mol. The van der Waals surface area contributed by atoms with E-state index in [4.69, 9.17) is 13.6 Å². The number of hydrogen-bond donors (Lipinski definition) is 0. The Balaban J connectivity index is 1.55. The molecule has 9 heteroatoms. The number of para-hydroxylation sites is 1. The largest absolute Gasteiger partial charge is 0.460 e. The summed E-state index contributed by atoms with van der Waals surface area (Å²) >= 11 is 0. The SMILES string of the molecule is C[C@H](c1cc2ccccc2o1)c1nnc([C@H]2CN(S(C)(=O)=O)CCO2)o1. The van der Waals surface area contributed by atoms with Crippen LogP contribution in [0.15, 0.2) is 39.2 Å². The van der Waals surface area contributed by atoms with Crippen LogP contribution in [0.4, 0.5) is 0 Å². The Morgan fingerprint density at radius 3 is 2.81 bits per heavy atom. The van der Waals surface area contributed by atoms with Crippen LogP contribution in [0, 0.1) is 0 Å². The molecule has 0 aliphatic carbocycles. The first-order valence-electron chi connectivity index (χ1n) is 8.30. The van der Waals surface area contributed by atoms with E-state index < -0.39 is 16.1 Å². The molecule has 138 valence electrons. The lowest BCUT2D eigenvalue weighted by atomic mass is 10.1. The Morgan fingerprint density at radius 1 is 1.23 bits per heavy atom. The predicted molar refractivity (Wildman–Crippen MR) is 93.1 cm³/mol. The number of morpholine rings is 1. The van der Waals surface area contributed by atoms with Gasteiger partial charge in [-0.15, -0.1) is 10.2 Å². The second kappa shape index (κ2) is 6.49. The first-order chi connectivity index (χ1) is 12.4. The highest BCUT2D eigenvalue weighted by Gasteiger charge is 2.31. The molecule has 0 N–H and O–H groups in total. The molecule has 0 spiro atoms. The van der Waals surface area contributed by atoms with Crippen molar-refractivity contribution in [3.05, 3.63) is 47.9 Å². The molecule has 1 fully saturated rings. The fraction of sp³-hybridized carbons (Fsp3) is 0.412. The van der Waals surface area contributed by atoms with E-state index in [9.17, 15) is 8.42 Å². The molecule has 4 rings (SSSR count). The summed E-state index contributed by atoms with van der Waals surface area (Å²) in [4.78, 5) is 0. The van der Waals surface area contributed by atoms with Crippen molar-refractivity contribution in [2.24, 2.45) is 0 Å². The van der Waals surface area contributed by atoms with Gasteiger partial charge >= 0.3 is 0 Å². The number of sulfonamides is 1. The zero-order valence-electron chi connectivity index (χ0n) is 14.5. The maximum Gasteiger partial charge on any atom is 0.246 e. The number of hydrogen-bond acceptors (Lipinski definition) is 7. The number of benzene rings is 1. The lowest BCUT2D eigenvalue weighted by molar-refractivity contribution is -0.0177. The van der Waals surface area contributed by atoms with Gasteiger partial charge in [0.15, 0.2) is 0 Å². The molecule has 0 radical (unpaired) electrons. The summed E-state index contributed by atoms with van der Waals surface area (Å²) in [5, 5.41) is 9.16. The molecule has 3 heterocycles. The molecular weight excluding hydrogens is 358 g/mol. The molecule has 1 aliphatic rings. The van der Waals surface area contributed by atoms with Crippen molar-refractivity contribution in [1.29, 1.82) is 0 Å². The lowest BCUT2D eigenvalue weighted by Crippen LogP contribution is -2.41. The van der Waals surface area contributed by atoms with Crippen LogP contribution in [0.25, 0.3) is 11.0 Å². The van der Waals surface area contributed by atoms with Crippen LogP contribution in [0.5, 0.6) is 0 Å². The van der Waals surface area contributed by atoms with Crippen LogP contribution in [0.1, 0.15) is 36.5 Å². The highest BCUT2D eigenvalue weighted by Crippen LogP contribution is 2.30. The van der Waals surface area contributed by atoms with Crippen molar-refractivity contribution < 1.29 is 22.0 Å². The fourth-order valence-electron chi connectivity index (χ4n) is 2.97. The van der Waals surface area contributed by atoms with E-state index in [0.717, 1.165) is 16.7 Å². The summed E-state index contributed by atoms with van der Waals surface area (Å²) in [6, 6.07) is 9.70. The molecular formula is C17H19N3O5S. The van der Waals surface area contributed by atoms with Gasteiger partial charge in [-0.3, -0.25) is 0 Å². The molecule has 0 saturated carbocycles. The van der Waals surface area contributed by atoms with Crippen LogP contribution >= 0.6 is 0 Å². The second-order valence-electron chi connectivity index (χ2n) is 6.37.